The number of piperidine rings is 1. The third-order valence-corrected chi connectivity index (χ3v) is 6.19. The van der Waals surface area contributed by atoms with Crippen molar-refractivity contribution in [2.45, 2.75) is 56.7 Å². The summed E-state index contributed by atoms with van der Waals surface area (Å²) in [5.74, 6) is 0.785. The van der Waals surface area contributed by atoms with Crippen LogP contribution in [0.5, 0.6) is 0 Å². The summed E-state index contributed by atoms with van der Waals surface area (Å²) < 4.78 is 6.02. The lowest BCUT2D eigenvalue weighted by atomic mass is 9.89. The molecule has 3 aromatic rings. The molecule has 1 saturated carbocycles. The van der Waals surface area contributed by atoms with Gasteiger partial charge in [-0.25, -0.2) is 9.97 Å². The molecule has 5 rings (SSSR count). The lowest BCUT2D eigenvalue weighted by molar-refractivity contribution is 0.00992. The smallest absolute Gasteiger partial charge is 0.196 e. The van der Waals surface area contributed by atoms with Crippen LogP contribution in [0.25, 0.3) is 22.1 Å². The molecule has 1 aromatic carbocycles. The van der Waals surface area contributed by atoms with Gasteiger partial charge in [-0.3, -0.25) is 4.90 Å². The van der Waals surface area contributed by atoms with E-state index < -0.39 is 0 Å². The second-order valence-electron chi connectivity index (χ2n) is 7.87. The lowest BCUT2D eigenvalue weighted by Crippen LogP contribution is -2.50. The van der Waals surface area contributed by atoms with Crippen LogP contribution in [0.4, 0.5) is 5.82 Å². The zero-order valence-corrected chi connectivity index (χ0v) is 15.5. The molecule has 1 aliphatic heterocycles. The number of aliphatic hydroxyl groups excluding tert-OH is 1. The van der Waals surface area contributed by atoms with Crippen molar-refractivity contribution >= 4 is 27.9 Å². The van der Waals surface area contributed by atoms with Crippen LogP contribution in [0, 0.1) is 0 Å². The Bertz CT molecular complexity index is 932. The van der Waals surface area contributed by atoms with Crippen molar-refractivity contribution in [1.29, 1.82) is 0 Å². The molecule has 2 fully saturated rings. The maximum atomic E-state index is 10.3. The van der Waals surface area contributed by atoms with Crippen LogP contribution in [-0.4, -0.2) is 51.3 Å². The molecule has 1 aliphatic carbocycles. The molecule has 2 atom stereocenters. The molecule has 6 heteroatoms. The third-order valence-electron chi connectivity index (χ3n) is 6.19. The first-order valence-corrected chi connectivity index (χ1v) is 10.1. The summed E-state index contributed by atoms with van der Waals surface area (Å²) in [6.07, 6.45) is 8.05. The van der Waals surface area contributed by atoms with Gasteiger partial charge in [0.2, 0.25) is 0 Å². The first-order chi connectivity index (χ1) is 13.3. The number of benzene rings is 1. The van der Waals surface area contributed by atoms with Crippen molar-refractivity contribution in [1.82, 2.24) is 14.9 Å². The number of anilines is 1. The molecule has 2 aliphatic rings. The van der Waals surface area contributed by atoms with Crippen LogP contribution in [-0.2, 0) is 0 Å². The van der Waals surface area contributed by atoms with Crippen molar-refractivity contribution < 1.29 is 9.52 Å². The molecule has 142 valence electrons. The number of aromatic nitrogens is 2. The minimum Gasteiger partial charge on any atom is -0.450 e. The molecular formula is C21H26N4O2. The Labute approximate surface area is 158 Å². The monoisotopic (exact) mass is 366 g/mol. The van der Waals surface area contributed by atoms with E-state index in [0.717, 1.165) is 73.1 Å². The summed E-state index contributed by atoms with van der Waals surface area (Å²) in [5.41, 5.74) is 2.45. The Morgan fingerprint density at radius 3 is 2.70 bits per heavy atom. The normalized spacial score (nSPS) is 25.2. The summed E-state index contributed by atoms with van der Waals surface area (Å²) in [6, 6.07) is 8.69. The number of furan rings is 1. The fourth-order valence-electron chi connectivity index (χ4n) is 4.71. The van der Waals surface area contributed by atoms with Crippen LogP contribution in [0.3, 0.4) is 0 Å². The van der Waals surface area contributed by atoms with Crippen LogP contribution in [0.1, 0.15) is 38.5 Å². The van der Waals surface area contributed by atoms with E-state index in [1.165, 1.54) is 6.42 Å². The van der Waals surface area contributed by atoms with E-state index in [1.54, 1.807) is 6.33 Å². The predicted molar refractivity (Wildman–Crippen MR) is 106 cm³/mol. The van der Waals surface area contributed by atoms with Crippen LogP contribution >= 0.6 is 0 Å². The molecule has 1 saturated heterocycles. The van der Waals surface area contributed by atoms with Gasteiger partial charge in [0.05, 0.1) is 6.10 Å². The zero-order chi connectivity index (χ0) is 18.2. The number of fused-ring (bicyclic) bond motifs is 3. The lowest BCUT2D eigenvalue weighted by Gasteiger charge is -2.41. The Morgan fingerprint density at radius 2 is 1.85 bits per heavy atom. The predicted octanol–water partition coefficient (Wildman–Crippen LogP) is 3.56. The van der Waals surface area contributed by atoms with Gasteiger partial charge in [-0.05, 0) is 37.8 Å². The molecule has 2 unspecified atom stereocenters. The van der Waals surface area contributed by atoms with Crippen molar-refractivity contribution in [3.8, 4) is 0 Å². The molecular weight excluding hydrogens is 340 g/mol. The highest BCUT2D eigenvalue weighted by molar-refractivity contribution is 6.05. The molecule has 3 heterocycles. The number of nitrogens with one attached hydrogen (secondary N) is 1. The van der Waals surface area contributed by atoms with Gasteiger partial charge < -0.3 is 14.8 Å². The summed E-state index contributed by atoms with van der Waals surface area (Å²) in [4.78, 5) is 11.4. The highest BCUT2D eigenvalue weighted by Crippen LogP contribution is 2.32. The topological polar surface area (TPSA) is 74.4 Å². The Kier molecular flexibility index (Phi) is 4.45. The van der Waals surface area contributed by atoms with Gasteiger partial charge in [0.15, 0.2) is 11.4 Å². The Balaban J connectivity index is 1.30. The molecule has 27 heavy (non-hydrogen) atoms. The van der Waals surface area contributed by atoms with Gasteiger partial charge in [0.25, 0.3) is 0 Å². The second kappa shape index (κ2) is 7.09. The number of rotatable bonds is 3. The van der Waals surface area contributed by atoms with E-state index >= 15 is 0 Å². The Morgan fingerprint density at radius 1 is 1.04 bits per heavy atom. The molecule has 0 spiro atoms. The molecule has 0 bridgehead atoms. The van der Waals surface area contributed by atoms with Gasteiger partial charge in [-0.1, -0.05) is 25.0 Å². The second-order valence-corrected chi connectivity index (χ2v) is 7.87. The largest absolute Gasteiger partial charge is 0.450 e. The van der Waals surface area contributed by atoms with Gasteiger partial charge >= 0.3 is 0 Å². The summed E-state index contributed by atoms with van der Waals surface area (Å²) in [6.45, 7) is 2.04. The molecule has 2 N–H and O–H groups in total. The van der Waals surface area contributed by atoms with Crippen molar-refractivity contribution in [3.05, 3.63) is 30.6 Å². The molecule has 2 aromatic heterocycles. The standard InChI is InChI=1S/C21H26N4O2/c26-17-7-3-2-6-16(17)25-11-9-14(10-12-25)24-21-20-19(22-13-23-21)15-5-1-4-8-18(15)27-20/h1,4-5,8,13-14,16-17,26H,2-3,6-7,9-12H2,(H,22,23,24). The van der Waals surface area contributed by atoms with Crippen LogP contribution in [0.15, 0.2) is 35.0 Å². The average molecular weight is 366 g/mol. The average Bonchev–Trinajstić information content (AvgIpc) is 3.09. The minimum absolute atomic E-state index is 0.153. The number of aliphatic hydroxyl groups is 1. The highest BCUT2D eigenvalue weighted by Gasteiger charge is 2.31. The van der Waals surface area contributed by atoms with Gasteiger partial charge in [-0.2, -0.15) is 0 Å². The third kappa shape index (κ3) is 3.17. The quantitative estimate of drug-likeness (QED) is 0.738. The molecule has 0 amide bonds. The summed E-state index contributed by atoms with van der Waals surface area (Å²) in [7, 11) is 0. The molecule has 6 nitrogen and oxygen atoms in total. The maximum Gasteiger partial charge on any atom is 0.196 e. The fourth-order valence-corrected chi connectivity index (χ4v) is 4.71. The first-order valence-electron chi connectivity index (χ1n) is 10.1. The number of hydrogen-bond acceptors (Lipinski definition) is 6. The van der Waals surface area contributed by atoms with E-state index in [-0.39, 0.29) is 6.10 Å². The molecule has 0 radical (unpaired) electrons. The highest BCUT2D eigenvalue weighted by atomic mass is 16.3. The minimum atomic E-state index is -0.153. The van der Waals surface area contributed by atoms with E-state index in [1.807, 2.05) is 24.3 Å². The summed E-state index contributed by atoms with van der Waals surface area (Å²) in [5, 5.41) is 14.9. The van der Waals surface area contributed by atoms with Gasteiger partial charge in [-0.15, -0.1) is 0 Å². The van der Waals surface area contributed by atoms with Crippen molar-refractivity contribution in [2.24, 2.45) is 0 Å². The van der Waals surface area contributed by atoms with Gasteiger partial charge in [0.1, 0.15) is 17.4 Å². The zero-order valence-electron chi connectivity index (χ0n) is 15.5. The van der Waals surface area contributed by atoms with Gasteiger partial charge in [0, 0.05) is 30.6 Å². The Hall–Kier alpha value is -2.18. The number of para-hydroxylation sites is 1. The SMILES string of the molecule is OC1CCCCC1N1CCC(Nc2ncnc3c2oc2ccccc23)CC1. The number of likely N-dealkylation sites (tertiary alicyclic amines) is 1. The maximum absolute atomic E-state index is 10.3. The number of nitrogens with zero attached hydrogens (tertiary/aromatic N) is 3. The van der Waals surface area contributed by atoms with E-state index in [9.17, 15) is 5.11 Å². The number of hydrogen-bond donors (Lipinski definition) is 2. The fraction of sp³-hybridized carbons (Fsp3) is 0.524. The van der Waals surface area contributed by atoms with E-state index in [4.69, 9.17) is 4.42 Å². The van der Waals surface area contributed by atoms with E-state index in [0.29, 0.717) is 12.1 Å². The van der Waals surface area contributed by atoms with E-state index in [2.05, 4.69) is 20.2 Å². The van der Waals surface area contributed by atoms with Crippen molar-refractivity contribution in [2.75, 3.05) is 18.4 Å². The van der Waals surface area contributed by atoms with Crippen LogP contribution < -0.4 is 5.32 Å². The van der Waals surface area contributed by atoms with Crippen molar-refractivity contribution in [3.63, 3.8) is 0 Å². The first kappa shape index (κ1) is 17.0. The van der Waals surface area contributed by atoms with Crippen LogP contribution in [0.2, 0.25) is 0 Å². The summed E-state index contributed by atoms with van der Waals surface area (Å²) >= 11 is 0.